The third-order valence-corrected chi connectivity index (χ3v) is 1.97. The van der Waals surface area contributed by atoms with Crippen molar-refractivity contribution in [1.82, 2.24) is 10.3 Å². The van der Waals surface area contributed by atoms with Crippen LogP contribution in [0, 0.1) is 0 Å². The zero-order valence-electron chi connectivity index (χ0n) is 8.56. The summed E-state index contributed by atoms with van der Waals surface area (Å²) in [6, 6.07) is 3.03. The number of pyridine rings is 1. The van der Waals surface area contributed by atoms with Crippen molar-refractivity contribution in [3.05, 3.63) is 24.0 Å². The normalized spacial score (nSPS) is 9.50. The van der Waals surface area contributed by atoms with Gasteiger partial charge in [-0.3, -0.25) is 4.98 Å². The molecule has 0 saturated carbocycles. The molecule has 6 N–H and O–H groups in total. The Morgan fingerprint density at radius 1 is 1.44 bits per heavy atom. The molecular formula is C9H13N5OS. The third-order valence-electron chi connectivity index (χ3n) is 1.78. The zero-order chi connectivity index (χ0) is 12.0. The zero-order valence-corrected chi connectivity index (χ0v) is 9.38. The van der Waals surface area contributed by atoms with Crippen LogP contribution >= 0.6 is 12.2 Å². The second-order valence-electron chi connectivity index (χ2n) is 2.98. The van der Waals surface area contributed by atoms with Gasteiger partial charge in [0.05, 0.1) is 5.69 Å². The van der Waals surface area contributed by atoms with Crippen molar-refractivity contribution in [1.29, 1.82) is 0 Å². The predicted octanol–water partition coefficient (Wildman–Crippen LogP) is -0.204. The molecule has 0 aliphatic carbocycles. The van der Waals surface area contributed by atoms with Gasteiger partial charge in [-0.25, -0.2) is 4.79 Å². The number of carbonyl (C=O) groups is 1. The standard InChI is InChI=1S/C9H13N5OS/c10-8(16)7-6(2-1-3-13-7)12-4-5-14-9(11)15/h1-3,12H,4-5H2,(H2,10,16)(H3,11,14,15). The highest BCUT2D eigenvalue weighted by Gasteiger charge is 2.04. The second kappa shape index (κ2) is 5.86. The van der Waals surface area contributed by atoms with Crippen molar-refractivity contribution in [3.8, 4) is 0 Å². The lowest BCUT2D eigenvalue weighted by atomic mass is 10.3. The summed E-state index contributed by atoms with van der Waals surface area (Å²) in [5, 5.41) is 5.51. The smallest absolute Gasteiger partial charge is 0.312 e. The largest absolute Gasteiger partial charge is 0.388 e. The molecule has 6 nitrogen and oxygen atoms in total. The first-order valence-electron chi connectivity index (χ1n) is 4.63. The van der Waals surface area contributed by atoms with E-state index in [1.165, 1.54) is 0 Å². The Labute approximate surface area is 98.4 Å². The molecule has 0 aromatic carbocycles. The Morgan fingerprint density at radius 2 is 2.19 bits per heavy atom. The topological polar surface area (TPSA) is 106 Å². The number of hydrogen-bond donors (Lipinski definition) is 4. The van der Waals surface area contributed by atoms with Crippen LogP contribution in [0.3, 0.4) is 0 Å². The molecule has 0 aliphatic rings. The van der Waals surface area contributed by atoms with Crippen molar-refractivity contribution in [2.24, 2.45) is 11.5 Å². The molecule has 2 amide bonds. The molecule has 1 aromatic rings. The number of hydrogen-bond acceptors (Lipinski definition) is 4. The number of primary amides is 1. The Hall–Kier alpha value is -1.89. The van der Waals surface area contributed by atoms with Gasteiger partial charge in [0.25, 0.3) is 0 Å². The van der Waals surface area contributed by atoms with Gasteiger partial charge in [-0.2, -0.15) is 0 Å². The molecule has 0 bridgehead atoms. The Morgan fingerprint density at radius 3 is 2.81 bits per heavy atom. The molecule has 1 rings (SSSR count). The van der Waals surface area contributed by atoms with E-state index in [0.29, 0.717) is 18.8 Å². The molecule has 0 aliphatic heterocycles. The Balaban J connectivity index is 2.53. The summed E-state index contributed by atoms with van der Waals surface area (Å²) in [5.41, 5.74) is 11.7. The van der Waals surface area contributed by atoms with Crippen LogP contribution in [0.2, 0.25) is 0 Å². The molecule has 0 spiro atoms. The summed E-state index contributed by atoms with van der Waals surface area (Å²) >= 11 is 4.86. The second-order valence-corrected chi connectivity index (χ2v) is 3.42. The van der Waals surface area contributed by atoms with Crippen LogP contribution in [-0.4, -0.2) is 29.1 Å². The van der Waals surface area contributed by atoms with E-state index in [4.69, 9.17) is 23.7 Å². The van der Waals surface area contributed by atoms with Gasteiger partial charge in [0, 0.05) is 19.3 Å². The minimum absolute atomic E-state index is 0.228. The number of aromatic nitrogens is 1. The molecule has 1 heterocycles. The molecule has 0 unspecified atom stereocenters. The SMILES string of the molecule is NC(=O)NCCNc1cccnc1C(N)=S. The lowest BCUT2D eigenvalue weighted by Gasteiger charge is -2.09. The maximum atomic E-state index is 10.4. The van der Waals surface area contributed by atoms with Crippen molar-refractivity contribution < 1.29 is 4.79 Å². The highest BCUT2D eigenvalue weighted by atomic mass is 32.1. The number of nitrogens with zero attached hydrogens (tertiary/aromatic N) is 1. The number of thiocarbonyl (C=S) groups is 1. The summed E-state index contributed by atoms with van der Waals surface area (Å²) in [4.78, 5) is 14.7. The van der Waals surface area contributed by atoms with Crippen LogP contribution in [0.5, 0.6) is 0 Å². The van der Waals surface area contributed by atoms with E-state index in [0.717, 1.165) is 5.69 Å². The third kappa shape index (κ3) is 3.70. The minimum atomic E-state index is -0.553. The van der Waals surface area contributed by atoms with E-state index >= 15 is 0 Å². The molecule has 16 heavy (non-hydrogen) atoms. The average molecular weight is 239 g/mol. The highest BCUT2D eigenvalue weighted by Crippen LogP contribution is 2.10. The van der Waals surface area contributed by atoms with Gasteiger partial charge in [-0.15, -0.1) is 0 Å². The van der Waals surface area contributed by atoms with E-state index in [2.05, 4.69) is 15.6 Å². The summed E-state index contributed by atoms with van der Waals surface area (Å²) in [6.45, 7) is 0.936. The first kappa shape index (κ1) is 12.2. The van der Waals surface area contributed by atoms with Gasteiger partial charge in [-0.05, 0) is 12.1 Å². The van der Waals surface area contributed by atoms with E-state index in [9.17, 15) is 4.79 Å². The van der Waals surface area contributed by atoms with Crippen LogP contribution in [0.1, 0.15) is 5.69 Å². The van der Waals surface area contributed by atoms with Gasteiger partial charge >= 0.3 is 6.03 Å². The first-order valence-corrected chi connectivity index (χ1v) is 5.04. The fourth-order valence-electron chi connectivity index (χ4n) is 1.13. The van der Waals surface area contributed by atoms with E-state index in [1.54, 1.807) is 12.3 Å². The predicted molar refractivity (Wildman–Crippen MR) is 66.2 cm³/mol. The van der Waals surface area contributed by atoms with E-state index < -0.39 is 6.03 Å². The minimum Gasteiger partial charge on any atom is -0.388 e. The summed E-state index contributed by atoms with van der Waals surface area (Å²) < 4.78 is 0. The van der Waals surface area contributed by atoms with Crippen LogP contribution in [0.4, 0.5) is 10.5 Å². The number of anilines is 1. The molecule has 86 valence electrons. The monoisotopic (exact) mass is 239 g/mol. The molecule has 0 saturated heterocycles. The lowest BCUT2D eigenvalue weighted by molar-refractivity contribution is 0.249. The molecule has 0 fully saturated rings. The van der Waals surface area contributed by atoms with Crippen LogP contribution in [0.25, 0.3) is 0 Å². The van der Waals surface area contributed by atoms with E-state index in [1.807, 2.05) is 6.07 Å². The molecule has 0 atom stereocenters. The number of amides is 2. The average Bonchev–Trinajstić information content (AvgIpc) is 2.24. The number of urea groups is 1. The van der Waals surface area contributed by atoms with Gasteiger partial charge in [0.15, 0.2) is 0 Å². The quantitative estimate of drug-likeness (QED) is 0.420. The number of carbonyl (C=O) groups excluding carboxylic acids is 1. The molecule has 1 aromatic heterocycles. The fourth-order valence-corrected chi connectivity index (χ4v) is 1.29. The van der Waals surface area contributed by atoms with Gasteiger partial charge in [0.2, 0.25) is 0 Å². The van der Waals surface area contributed by atoms with Crippen molar-refractivity contribution in [3.63, 3.8) is 0 Å². The van der Waals surface area contributed by atoms with Crippen molar-refractivity contribution in [2.45, 2.75) is 0 Å². The van der Waals surface area contributed by atoms with Gasteiger partial charge in [0.1, 0.15) is 10.7 Å². The van der Waals surface area contributed by atoms with Gasteiger partial charge in [-0.1, -0.05) is 12.2 Å². The maximum Gasteiger partial charge on any atom is 0.312 e. The van der Waals surface area contributed by atoms with Crippen molar-refractivity contribution in [2.75, 3.05) is 18.4 Å². The fraction of sp³-hybridized carbons (Fsp3) is 0.222. The van der Waals surface area contributed by atoms with Crippen LogP contribution < -0.4 is 22.1 Å². The van der Waals surface area contributed by atoms with Crippen LogP contribution in [0.15, 0.2) is 18.3 Å². The molecular weight excluding hydrogens is 226 g/mol. The first-order chi connectivity index (χ1) is 7.61. The van der Waals surface area contributed by atoms with E-state index in [-0.39, 0.29) is 4.99 Å². The maximum absolute atomic E-state index is 10.4. The number of nitrogens with one attached hydrogen (secondary N) is 2. The van der Waals surface area contributed by atoms with Crippen LogP contribution in [-0.2, 0) is 0 Å². The Bertz CT molecular complexity index is 395. The number of rotatable bonds is 5. The highest BCUT2D eigenvalue weighted by molar-refractivity contribution is 7.80. The summed E-state index contributed by atoms with van der Waals surface area (Å²) in [7, 11) is 0. The molecule has 7 heteroatoms. The summed E-state index contributed by atoms with van der Waals surface area (Å²) in [5.74, 6) is 0. The summed E-state index contributed by atoms with van der Waals surface area (Å²) in [6.07, 6.45) is 1.61. The number of nitrogens with two attached hydrogens (primary N) is 2. The lowest BCUT2D eigenvalue weighted by Crippen LogP contribution is -2.33. The van der Waals surface area contributed by atoms with Gasteiger partial charge < -0.3 is 22.1 Å². The van der Waals surface area contributed by atoms with Crippen molar-refractivity contribution >= 4 is 28.9 Å². The molecule has 0 radical (unpaired) electrons. The Kier molecular flexibility index (Phi) is 4.46.